The second-order valence-corrected chi connectivity index (χ2v) is 11.3. The van der Waals surface area contributed by atoms with Crippen molar-refractivity contribution in [3.63, 3.8) is 0 Å². The zero-order chi connectivity index (χ0) is 24.1. The van der Waals surface area contributed by atoms with Crippen molar-refractivity contribution in [3.05, 3.63) is 24.8 Å². The molecule has 3 aliphatic heterocycles. The third kappa shape index (κ3) is 3.62. The maximum absolute atomic E-state index is 13.8. The highest BCUT2D eigenvalue weighted by atomic mass is 16.5. The van der Waals surface area contributed by atoms with Crippen LogP contribution in [0, 0.1) is 17.8 Å². The summed E-state index contributed by atoms with van der Waals surface area (Å²) >= 11 is 0. The largest absolute Gasteiger partial charge is 0.356 e. The van der Waals surface area contributed by atoms with Gasteiger partial charge in [-0.15, -0.1) is 6.58 Å². The third-order valence-corrected chi connectivity index (χ3v) is 9.04. The first-order valence-electron chi connectivity index (χ1n) is 13.2. The Morgan fingerprint density at radius 1 is 1.09 bits per heavy atom. The molecule has 4 fully saturated rings. The van der Waals surface area contributed by atoms with E-state index in [1.165, 1.54) is 12.8 Å². The molecule has 7 heteroatoms. The van der Waals surface area contributed by atoms with Crippen LogP contribution in [0.4, 0.5) is 0 Å². The van der Waals surface area contributed by atoms with Gasteiger partial charge in [-0.25, -0.2) is 0 Å². The van der Waals surface area contributed by atoms with Crippen LogP contribution in [0.5, 0.6) is 0 Å². The number of ether oxygens (including phenoxy) is 1. The summed E-state index contributed by atoms with van der Waals surface area (Å²) < 4.78 is 6.56. The van der Waals surface area contributed by atoms with Gasteiger partial charge in [0.05, 0.1) is 17.4 Å². The molecule has 7 atom stereocenters. The number of likely N-dealkylation sites (tertiary alicyclic amines) is 1. The van der Waals surface area contributed by atoms with E-state index in [0.717, 1.165) is 44.9 Å². The maximum Gasteiger partial charge on any atom is 0.246 e. The molecule has 3 amide bonds. The molecule has 0 unspecified atom stereocenters. The molecule has 34 heavy (non-hydrogen) atoms. The lowest BCUT2D eigenvalue weighted by molar-refractivity contribution is -0.145. The predicted octanol–water partition coefficient (Wildman–Crippen LogP) is 2.86. The van der Waals surface area contributed by atoms with Crippen molar-refractivity contribution in [3.8, 4) is 0 Å². The molecule has 3 heterocycles. The summed E-state index contributed by atoms with van der Waals surface area (Å²) in [6.07, 6.45) is 15.1. The SMILES string of the molecule is C=CCN1C(=O)[C@H]2[C@@H](C(=O)N[C@H]3CCCC[C@H]3C)[C@]3(C)C=C[C@]2(O3)[C@H]1C(=O)NC1CCCCC1. The van der Waals surface area contributed by atoms with Gasteiger partial charge in [-0.05, 0) is 38.5 Å². The first-order chi connectivity index (χ1) is 16.3. The minimum atomic E-state index is -1.12. The molecular weight excluding hydrogens is 430 g/mol. The van der Waals surface area contributed by atoms with Gasteiger partial charge in [-0.1, -0.05) is 57.3 Å². The molecule has 2 saturated carbocycles. The average Bonchev–Trinajstić information content (AvgIpc) is 3.37. The number of carbonyl (C=O) groups is 3. The summed E-state index contributed by atoms with van der Waals surface area (Å²) in [4.78, 5) is 42.7. The van der Waals surface area contributed by atoms with Crippen molar-refractivity contribution in [1.29, 1.82) is 0 Å². The van der Waals surface area contributed by atoms with Crippen LogP contribution in [0.15, 0.2) is 24.8 Å². The van der Waals surface area contributed by atoms with E-state index in [1.807, 2.05) is 19.1 Å². The van der Waals surface area contributed by atoms with E-state index in [4.69, 9.17) is 4.74 Å². The van der Waals surface area contributed by atoms with Crippen LogP contribution in [0.3, 0.4) is 0 Å². The summed E-state index contributed by atoms with van der Waals surface area (Å²) in [6.45, 7) is 8.13. The molecule has 5 aliphatic rings. The van der Waals surface area contributed by atoms with Gasteiger partial charge in [0.2, 0.25) is 17.7 Å². The van der Waals surface area contributed by atoms with Gasteiger partial charge < -0.3 is 20.3 Å². The van der Waals surface area contributed by atoms with Crippen LogP contribution in [0.25, 0.3) is 0 Å². The van der Waals surface area contributed by atoms with Crippen molar-refractivity contribution >= 4 is 17.7 Å². The van der Waals surface area contributed by atoms with Gasteiger partial charge in [-0.3, -0.25) is 14.4 Å². The minimum Gasteiger partial charge on any atom is -0.356 e. The lowest BCUT2D eigenvalue weighted by Gasteiger charge is -2.34. The quantitative estimate of drug-likeness (QED) is 0.586. The summed E-state index contributed by atoms with van der Waals surface area (Å²) in [5, 5.41) is 6.47. The van der Waals surface area contributed by atoms with Gasteiger partial charge >= 0.3 is 0 Å². The highest BCUT2D eigenvalue weighted by Gasteiger charge is 2.76. The maximum atomic E-state index is 13.8. The first kappa shape index (κ1) is 23.6. The van der Waals surface area contributed by atoms with Crippen LogP contribution >= 0.6 is 0 Å². The average molecular weight is 470 g/mol. The number of rotatable bonds is 6. The van der Waals surface area contributed by atoms with Gasteiger partial charge in [0, 0.05) is 18.6 Å². The highest BCUT2D eigenvalue weighted by Crippen LogP contribution is 2.59. The van der Waals surface area contributed by atoms with Crippen molar-refractivity contribution in [1.82, 2.24) is 15.5 Å². The molecule has 2 bridgehead atoms. The standard InChI is InChI=1S/C27H39N3O4/c1-4-16-30-22(24(32)28-18-11-6-5-7-12-18)27-15-14-26(3,34-27)20(21(27)25(30)33)23(31)29-19-13-9-8-10-17(19)2/h4,14-15,17-22H,1,5-13,16H2,2-3H3,(H,28,32)(H,29,31)/t17-,19+,20+,21-,22-,26+,27-/m1/s1. The van der Waals surface area contributed by atoms with Crippen LogP contribution in [-0.2, 0) is 19.1 Å². The molecule has 5 rings (SSSR count). The topological polar surface area (TPSA) is 87.7 Å². The smallest absolute Gasteiger partial charge is 0.246 e. The molecule has 0 aromatic carbocycles. The van der Waals surface area contributed by atoms with Crippen LogP contribution in [0.2, 0.25) is 0 Å². The molecule has 2 aliphatic carbocycles. The molecule has 2 saturated heterocycles. The van der Waals surface area contributed by atoms with E-state index in [1.54, 1.807) is 11.0 Å². The van der Waals surface area contributed by atoms with Crippen molar-refractivity contribution in [2.75, 3.05) is 6.54 Å². The number of hydrogen-bond donors (Lipinski definition) is 2. The number of carbonyl (C=O) groups excluding carboxylic acids is 3. The Morgan fingerprint density at radius 2 is 1.79 bits per heavy atom. The van der Waals surface area contributed by atoms with Gasteiger partial charge in [0.15, 0.2) is 0 Å². The molecule has 0 radical (unpaired) electrons. The molecule has 186 valence electrons. The fourth-order valence-corrected chi connectivity index (χ4v) is 7.30. The molecule has 2 N–H and O–H groups in total. The van der Waals surface area contributed by atoms with E-state index in [-0.39, 0.29) is 36.3 Å². The molecule has 0 aromatic rings. The number of nitrogens with zero attached hydrogens (tertiary/aromatic N) is 1. The Hall–Kier alpha value is -2.15. The van der Waals surface area contributed by atoms with Crippen molar-refractivity contribution < 1.29 is 19.1 Å². The second kappa shape index (κ2) is 8.81. The van der Waals surface area contributed by atoms with Gasteiger partial charge in [0.1, 0.15) is 11.6 Å². The lowest BCUT2D eigenvalue weighted by atomic mass is 9.70. The zero-order valence-corrected chi connectivity index (χ0v) is 20.6. The van der Waals surface area contributed by atoms with Crippen LogP contribution < -0.4 is 10.6 Å². The number of amides is 3. The predicted molar refractivity (Wildman–Crippen MR) is 129 cm³/mol. The zero-order valence-electron chi connectivity index (χ0n) is 20.6. The molecular formula is C27H39N3O4. The summed E-state index contributed by atoms with van der Waals surface area (Å²) in [5.74, 6) is -1.44. The van der Waals surface area contributed by atoms with E-state index < -0.39 is 29.1 Å². The van der Waals surface area contributed by atoms with E-state index >= 15 is 0 Å². The summed E-state index contributed by atoms with van der Waals surface area (Å²) in [5.41, 5.74) is -2.01. The second-order valence-electron chi connectivity index (χ2n) is 11.3. The molecule has 1 spiro atoms. The Kier molecular flexibility index (Phi) is 6.11. The number of nitrogens with one attached hydrogen (secondary N) is 2. The summed E-state index contributed by atoms with van der Waals surface area (Å²) in [6, 6.07) is -0.549. The molecule has 7 nitrogen and oxygen atoms in total. The highest BCUT2D eigenvalue weighted by molar-refractivity contribution is 6.00. The Labute approximate surface area is 202 Å². The number of fused-ring (bicyclic) bond motifs is 1. The first-order valence-corrected chi connectivity index (χ1v) is 13.2. The fourth-order valence-electron chi connectivity index (χ4n) is 7.30. The normalized spacial score (nSPS) is 41.4. The Bertz CT molecular complexity index is 896. The van der Waals surface area contributed by atoms with Crippen LogP contribution in [0.1, 0.15) is 71.6 Å². The molecule has 0 aromatic heterocycles. The summed E-state index contributed by atoms with van der Waals surface area (Å²) in [7, 11) is 0. The van der Waals surface area contributed by atoms with Crippen molar-refractivity contribution in [2.24, 2.45) is 17.8 Å². The third-order valence-electron chi connectivity index (χ3n) is 9.04. The Balaban J connectivity index is 1.43. The van der Waals surface area contributed by atoms with Crippen molar-refractivity contribution in [2.45, 2.75) is 101 Å². The van der Waals surface area contributed by atoms with E-state index in [0.29, 0.717) is 5.92 Å². The number of hydrogen-bond acceptors (Lipinski definition) is 4. The van der Waals surface area contributed by atoms with E-state index in [9.17, 15) is 14.4 Å². The van der Waals surface area contributed by atoms with Gasteiger partial charge in [0.25, 0.3) is 0 Å². The monoisotopic (exact) mass is 469 g/mol. The minimum absolute atomic E-state index is 0.120. The van der Waals surface area contributed by atoms with Crippen LogP contribution in [-0.4, -0.2) is 58.5 Å². The van der Waals surface area contributed by atoms with E-state index in [2.05, 4.69) is 24.1 Å². The van der Waals surface area contributed by atoms with Gasteiger partial charge in [-0.2, -0.15) is 0 Å². The Morgan fingerprint density at radius 3 is 2.50 bits per heavy atom. The fraction of sp³-hybridized carbons (Fsp3) is 0.741. The lowest BCUT2D eigenvalue weighted by Crippen LogP contribution is -2.56.